The third kappa shape index (κ3) is 7.70. The number of alkyl halides is 3. The zero-order valence-electron chi connectivity index (χ0n) is 20.3. The minimum absolute atomic E-state index is 0.0255. The molecule has 0 bridgehead atoms. The van der Waals surface area contributed by atoms with Crippen LogP contribution >= 0.6 is 0 Å². The number of carbonyl (C=O) groups excluding carboxylic acids is 1. The Labute approximate surface area is 225 Å². The number of halogens is 4. The molecule has 10 nitrogen and oxygen atoms in total. The van der Waals surface area contributed by atoms with Gasteiger partial charge in [0.25, 0.3) is 5.91 Å². The quantitative estimate of drug-likeness (QED) is 0.252. The normalized spacial score (nSPS) is 11.6. The van der Waals surface area contributed by atoms with Gasteiger partial charge in [-0.1, -0.05) is 30.3 Å². The highest BCUT2D eigenvalue weighted by Crippen LogP contribution is 2.30. The number of aromatic nitrogens is 3. The third-order valence-corrected chi connectivity index (χ3v) is 6.13. The minimum atomic E-state index is -4.72. The van der Waals surface area contributed by atoms with Crippen LogP contribution in [0.15, 0.2) is 77.7 Å². The van der Waals surface area contributed by atoms with Gasteiger partial charge in [-0.3, -0.25) is 4.79 Å². The summed E-state index contributed by atoms with van der Waals surface area (Å²) < 4.78 is 81.1. The summed E-state index contributed by atoms with van der Waals surface area (Å²) in [5.41, 5.74) is 0.777. The van der Waals surface area contributed by atoms with Crippen molar-refractivity contribution in [2.75, 3.05) is 17.2 Å². The van der Waals surface area contributed by atoms with Crippen LogP contribution < -0.4 is 20.5 Å². The van der Waals surface area contributed by atoms with Crippen LogP contribution in [0.2, 0.25) is 0 Å². The summed E-state index contributed by atoms with van der Waals surface area (Å²) in [5.74, 6) is -1.66. The molecule has 0 saturated carbocycles. The highest BCUT2D eigenvalue weighted by atomic mass is 32.2. The fourth-order valence-corrected chi connectivity index (χ4v) is 4.09. The predicted molar refractivity (Wildman–Crippen MR) is 136 cm³/mol. The van der Waals surface area contributed by atoms with Gasteiger partial charge in [0, 0.05) is 23.4 Å². The fourth-order valence-electron chi connectivity index (χ4n) is 3.37. The average Bonchev–Trinajstić information content (AvgIpc) is 2.91. The van der Waals surface area contributed by atoms with E-state index in [0.717, 1.165) is 6.07 Å². The molecule has 0 unspecified atom stereocenters. The van der Waals surface area contributed by atoms with E-state index in [1.54, 1.807) is 30.3 Å². The Morgan fingerprint density at radius 3 is 2.30 bits per heavy atom. The van der Waals surface area contributed by atoms with Crippen LogP contribution in [0.3, 0.4) is 0 Å². The second-order valence-electron chi connectivity index (χ2n) is 8.23. The summed E-state index contributed by atoms with van der Waals surface area (Å²) in [5, 5.41) is 10.7. The van der Waals surface area contributed by atoms with Crippen LogP contribution in [0.25, 0.3) is 11.4 Å². The van der Waals surface area contributed by atoms with Gasteiger partial charge in [0.2, 0.25) is 16.0 Å². The Morgan fingerprint density at radius 1 is 0.950 bits per heavy atom. The van der Waals surface area contributed by atoms with Crippen LogP contribution in [0.4, 0.5) is 29.2 Å². The van der Waals surface area contributed by atoms with Crippen molar-refractivity contribution in [2.24, 2.45) is 5.14 Å². The number of nitrogens with one attached hydrogen (secondary N) is 2. The summed E-state index contributed by atoms with van der Waals surface area (Å²) in [6.07, 6.45) is -4.72. The number of benzene rings is 3. The Morgan fingerprint density at radius 2 is 1.65 bits per heavy atom. The van der Waals surface area contributed by atoms with Crippen LogP contribution in [0.5, 0.6) is 6.01 Å². The lowest BCUT2D eigenvalue weighted by Crippen LogP contribution is -2.21. The molecule has 40 heavy (non-hydrogen) atoms. The molecule has 1 aromatic heterocycles. The van der Waals surface area contributed by atoms with E-state index < -0.39 is 51.3 Å². The van der Waals surface area contributed by atoms with Crippen molar-refractivity contribution in [1.29, 1.82) is 0 Å². The number of sulfonamides is 1. The van der Waals surface area contributed by atoms with Gasteiger partial charge in [-0.05, 0) is 48.0 Å². The van der Waals surface area contributed by atoms with E-state index in [-0.39, 0.29) is 23.7 Å². The Kier molecular flexibility index (Phi) is 8.25. The highest BCUT2D eigenvalue weighted by Gasteiger charge is 2.29. The highest BCUT2D eigenvalue weighted by molar-refractivity contribution is 7.89. The van der Waals surface area contributed by atoms with Gasteiger partial charge in [-0.15, -0.1) is 0 Å². The number of ether oxygens (including phenoxy) is 1. The zero-order valence-corrected chi connectivity index (χ0v) is 21.1. The van der Waals surface area contributed by atoms with Gasteiger partial charge in [-0.25, -0.2) is 17.9 Å². The third-order valence-electron chi connectivity index (χ3n) is 5.16. The molecular formula is C25H20F4N6O4S. The molecule has 1 amide bonds. The van der Waals surface area contributed by atoms with Crippen molar-refractivity contribution in [1.82, 2.24) is 15.0 Å². The number of amides is 1. The number of nitrogens with zero attached hydrogens (tertiary/aromatic N) is 3. The SMILES string of the molecule is NS(=O)(=O)c1ccc(NC(=O)c2ccccc2)cc1-c1nc(NCc2ccc(F)cc2)nc(OCC(F)(F)F)n1. The molecule has 0 aliphatic carbocycles. The molecule has 0 spiro atoms. The largest absolute Gasteiger partial charge is 0.454 e. The molecule has 0 radical (unpaired) electrons. The van der Waals surface area contributed by atoms with Gasteiger partial charge >= 0.3 is 12.2 Å². The van der Waals surface area contributed by atoms with Gasteiger partial charge < -0.3 is 15.4 Å². The maximum Gasteiger partial charge on any atom is 0.422 e. The monoisotopic (exact) mass is 576 g/mol. The van der Waals surface area contributed by atoms with E-state index in [1.165, 1.54) is 36.4 Å². The van der Waals surface area contributed by atoms with Crippen LogP contribution in [0, 0.1) is 5.82 Å². The number of anilines is 2. The first-order valence-electron chi connectivity index (χ1n) is 11.3. The molecule has 208 valence electrons. The van der Waals surface area contributed by atoms with Gasteiger partial charge in [-0.2, -0.15) is 28.1 Å². The topological polar surface area (TPSA) is 149 Å². The summed E-state index contributed by atoms with van der Waals surface area (Å²) in [4.78, 5) is 24.0. The first kappa shape index (κ1) is 28.4. The van der Waals surface area contributed by atoms with Gasteiger partial charge in [0.05, 0.1) is 4.90 Å². The van der Waals surface area contributed by atoms with Gasteiger partial charge in [0.1, 0.15) is 5.82 Å². The molecule has 15 heteroatoms. The van der Waals surface area contributed by atoms with E-state index in [4.69, 9.17) is 9.88 Å². The lowest BCUT2D eigenvalue weighted by Gasteiger charge is -2.14. The maximum atomic E-state index is 13.2. The molecule has 4 aromatic rings. The standard InChI is InChI=1S/C25H20F4N6O4S/c26-17-8-6-15(7-9-17)13-31-23-33-21(34-24(35-23)39-14-25(27,28)29)19-12-18(10-11-20(19)40(30,37)38)32-22(36)16-4-2-1-3-5-16/h1-12H,13-14H2,(H,32,36)(H2,30,37,38)(H,31,33,34,35). The molecule has 4 N–H and O–H groups in total. The Balaban J connectivity index is 1.74. The van der Waals surface area contributed by atoms with E-state index in [2.05, 4.69) is 25.6 Å². The molecule has 0 saturated heterocycles. The summed E-state index contributed by atoms with van der Waals surface area (Å²) in [6.45, 7) is -1.71. The first-order valence-corrected chi connectivity index (χ1v) is 12.9. The molecule has 0 aliphatic heterocycles. The van der Waals surface area contributed by atoms with Crippen molar-refractivity contribution >= 4 is 27.6 Å². The number of primary sulfonamides is 1. The van der Waals surface area contributed by atoms with Crippen molar-refractivity contribution in [2.45, 2.75) is 17.6 Å². The molecule has 0 atom stereocenters. The van der Waals surface area contributed by atoms with E-state index in [9.17, 15) is 30.8 Å². The Bertz CT molecular complexity index is 1620. The lowest BCUT2D eigenvalue weighted by atomic mass is 10.1. The lowest BCUT2D eigenvalue weighted by molar-refractivity contribution is -0.154. The number of carbonyl (C=O) groups is 1. The number of rotatable bonds is 9. The average molecular weight is 577 g/mol. The van der Waals surface area contributed by atoms with Crippen molar-refractivity contribution < 1.29 is 35.5 Å². The molecule has 4 rings (SSSR count). The second-order valence-corrected chi connectivity index (χ2v) is 9.76. The maximum absolute atomic E-state index is 13.2. The Hall–Kier alpha value is -4.63. The summed E-state index contributed by atoms with van der Waals surface area (Å²) in [7, 11) is -4.39. The van der Waals surface area contributed by atoms with Crippen LogP contribution in [0.1, 0.15) is 15.9 Å². The minimum Gasteiger partial charge on any atom is -0.454 e. The smallest absolute Gasteiger partial charge is 0.422 e. The molecule has 3 aromatic carbocycles. The number of hydrogen-bond donors (Lipinski definition) is 3. The van der Waals surface area contributed by atoms with Crippen molar-refractivity contribution in [3.63, 3.8) is 0 Å². The molecule has 1 heterocycles. The van der Waals surface area contributed by atoms with Crippen LogP contribution in [-0.2, 0) is 16.6 Å². The number of nitrogens with two attached hydrogens (primary N) is 1. The number of hydrogen-bond acceptors (Lipinski definition) is 8. The fraction of sp³-hybridized carbons (Fsp3) is 0.120. The van der Waals surface area contributed by atoms with E-state index in [1.807, 2.05) is 0 Å². The zero-order chi connectivity index (χ0) is 28.9. The molecular weight excluding hydrogens is 556 g/mol. The molecule has 0 aliphatic rings. The predicted octanol–water partition coefficient (Wildman–Crippen LogP) is 4.13. The van der Waals surface area contributed by atoms with E-state index >= 15 is 0 Å². The second kappa shape index (κ2) is 11.6. The van der Waals surface area contributed by atoms with Crippen molar-refractivity contribution in [3.05, 3.63) is 89.7 Å². The van der Waals surface area contributed by atoms with Crippen LogP contribution in [-0.4, -0.2) is 42.1 Å². The summed E-state index contributed by atoms with van der Waals surface area (Å²) >= 11 is 0. The van der Waals surface area contributed by atoms with E-state index in [0.29, 0.717) is 11.1 Å². The first-order chi connectivity index (χ1) is 18.9. The molecule has 0 fully saturated rings. The van der Waals surface area contributed by atoms with Crippen molar-refractivity contribution in [3.8, 4) is 17.4 Å². The van der Waals surface area contributed by atoms with Gasteiger partial charge in [0.15, 0.2) is 12.4 Å². The summed E-state index contributed by atoms with van der Waals surface area (Å²) in [6, 6.07) is 16.3.